The summed E-state index contributed by atoms with van der Waals surface area (Å²) in [5, 5.41) is 0. The maximum Gasteiger partial charge on any atom is 0.220 e. The monoisotopic (exact) mass is 141 g/mol. The lowest BCUT2D eigenvalue weighted by molar-refractivity contribution is -0.121. The van der Waals surface area contributed by atoms with Crippen molar-refractivity contribution in [2.45, 2.75) is 27.2 Å². The maximum atomic E-state index is 10.5. The molecule has 0 aromatic rings. The van der Waals surface area contributed by atoms with Crippen molar-refractivity contribution in [3.05, 3.63) is 11.6 Å². The number of hydrogen-bond donors (Lipinski definition) is 1. The van der Waals surface area contributed by atoms with E-state index in [0.717, 1.165) is 6.42 Å². The van der Waals surface area contributed by atoms with Crippen LogP contribution in [-0.2, 0) is 4.79 Å². The van der Waals surface area contributed by atoms with E-state index in [9.17, 15) is 4.79 Å². The van der Waals surface area contributed by atoms with Crippen LogP contribution in [0.3, 0.4) is 0 Å². The van der Waals surface area contributed by atoms with Crippen molar-refractivity contribution in [2.75, 3.05) is 0 Å². The molecule has 0 rings (SSSR count). The van der Waals surface area contributed by atoms with Crippen molar-refractivity contribution in [1.82, 2.24) is 0 Å². The number of allylic oxidation sites excluding steroid dienone is 2. The average molecular weight is 141 g/mol. The predicted octanol–water partition coefficient (Wildman–Crippen LogP) is 1.46. The highest BCUT2D eigenvalue weighted by atomic mass is 16.1. The molecule has 0 aliphatic rings. The van der Waals surface area contributed by atoms with Gasteiger partial charge in [-0.3, -0.25) is 4.79 Å². The van der Waals surface area contributed by atoms with Gasteiger partial charge in [0, 0.05) is 5.92 Å². The quantitative estimate of drug-likeness (QED) is 0.594. The van der Waals surface area contributed by atoms with Crippen molar-refractivity contribution in [3.63, 3.8) is 0 Å². The van der Waals surface area contributed by atoms with Crippen LogP contribution in [0.5, 0.6) is 0 Å². The molecule has 0 fully saturated rings. The van der Waals surface area contributed by atoms with Gasteiger partial charge in [-0.15, -0.1) is 0 Å². The van der Waals surface area contributed by atoms with Crippen LogP contribution in [0.25, 0.3) is 0 Å². The lowest BCUT2D eigenvalue weighted by atomic mass is 10.0. The summed E-state index contributed by atoms with van der Waals surface area (Å²) in [4.78, 5) is 10.5. The Bertz CT molecular complexity index is 149. The molecule has 2 heteroatoms. The smallest absolute Gasteiger partial charge is 0.220 e. The average Bonchev–Trinajstić information content (AvgIpc) is 1.87. The van der Waals surface area contributed by atoms with Gasteiger partial charge in [-0.05, 0) is 20.3 Å². The molecule has 58 valence electrons. The van der Waals surface area contributed by atoms with Gasteiger partial charge in [0.25, 0.3) is 0 Å². The Balaban J connectivity index is 3.80. The van der Waals surface area contributed by atoms with Gasteiger partial charge in [-0.2, -0.15) is 0 Å². The molecule has 0 spiro atoms. The summed E-state index contributed by atoms with van der Waals surface area (Å²) in [7, 11) is 0. The third-order valence-electron chi connectivity index (χ3n) is 1.61. The molecule has 0 unspecified atom stereocenters. The Labute approximate surface area is 62.1 Å². The highest BCUT2D eigenvalue weighted by Gasteiger charge is 2.07. The second-order valence-electron chi connectivity index (χ2n) is 2.64. The summed E-state index contributed by atoms with van der Waals surface area (Å²) < 4.78 is 0. The Morgan fingerprint density at radius 2 is 2.20 bits per heavy atom. The fourth-order valence-corrected chi connectivity index (χ4v) is 0.701. The lowest BCUT2D eigenvalue weighted by Crippen LogP contribution is -2.20. The predicted molar refractivity (Wildman–Crippen MR) is 42.4 cm³/mol. The number of amides is 1. The summed E-state index contributed by atoms with van der Waals surface area (Å²) in [6, 6.07) is 0. The molecule has 2 nitrogen and oxygen atoms in total. The van der Waals surface area contributed by atoms with E-state index in [-0.39, 0.29) is 11.8 Å². The molecular weight excluding hydrogens is 126 g/mol. The summed E-state index contributed by atoms with van der Waals surface area (Å²) in [5.41, 5.74) is 6.29. The first kappa shape index (κ1) is 9.21. The zero-order valence-corrected chi connectivity index (χ0v) is 6.85. The van der Waals surface area contributed by atoms with Crippen LogP contribution >= 0.6 is 0 Å². The van der Waals surface area contributed by atoms with Crippen molar-refractivity contribution in [2.24, 2.45) is 11.7 Å². The second-order valence-corrected chi connectivity index (χ2v) is 2.64. The van der Waals surface area contributed by atoms with Crippen LogP contribution in [-0.4, -0.2) is 5.91 Å². The molecule has 0 aromatic heterocycles. The highest BCUT2D eigenvalue weighted by Crippen LogP contribution is 2.09. The molecule has 0 saturated carbocycles. The SMILES string of the molecule is C/C=C(\C)C[C@H](C)C(N)=O. The first-order valence-electron chi connectivity index (χ1n) is 3.49. The van der Waals surface area contributed by atoms with Crippen LogP contribution in [0, 0.1) is 5.92 Å². The minimum Gasteiger partial charge on any atom is -0.369 e. The first-order valence-corrected chi connectivity index (χ1v) is 3.49. The van der Waals surface area contributed by atoms with Gasteiger partial charge >= 0.3 is 0 Å². The summed E-state index contributed by atoms with van der Waals surface area (Å²) in [6.45, 7) is 5.80. The zero-order chi connectivity index (χ0) is 8.15. The summed E-state index contributed by atoms with van der Waals surface area (Å²) in [5.74, 6) is -0.252. The van der Waals surface area contributed by atoms with Gasteiger partial charge in [-0.25, -0.2) is 0 Å². The third kappa shape index (κ3) is 3.28. The number of nitrogens with two attached hydrogens (primary N) is 1. The van der Waals surface area contributed by atoms with Crippen LogP contribution in [0.15, 0.2) is 11.6 Å². The Morgan fingerprint density at radius 3 is 2.50 bits per heavy atom. The molecule has 2 N–H and O–H groups in total. The molecule has 10 heavy (non-hydrogen) atoms. The Hall–Kier alpha value is -0.790. The Kier molecular flexibility index (Phi) is 3.77. The molecule has 0 aliphatic carbocycles. The van der Waals surface area contributed by atoms with E-state index >= 15 is 0 Å². The number of primary amides is 1. The number of hydrogen-bond acceptors (Lipinski definition) is 1. The Morgan fingerprint density at radius 1 is 1.70 bits per heavy atom. The zero-order valence-electron chi connectivity index (χ0n) is 6.85. The fourth-order valence-electron chi connectivity index (χ4n) is 0.701. The first-order chi connectivity index (χ1) is 4.57. The van der Waals surface area contributed by atoms with Crippen LogP contribution in [0.4, 0.5) is 0 Å². The van der Waals surface area contributed by atoms with E-state index in [1.54, 1.807) is 0 Å². The van der Waals surface area contributed by atoms with Gasteiger partial charge in [-0.1, -0.05) is 18.6 Å². The molecule has 1 amide bonds. The molecule has 0 bridgehead atoms. The minimum atomic E-state index is -0.221. The number of carbonyl (C=O) groups is 1. The van der Waals surface area contributed by atoms with Crippen molar-refractivity contribution in [1.29, 1.82) is 0 Å². The van der Waals surface area contributed by atoms with E-state index in [1.165, 1.54) is 5.57 Å². The van der Waals surface area contributed by atoms with Crippen molar-refractivity contribution in [3.8, 4) is 0 Å². The highest BCUT2D eigenvalue weighted by molar-refractivity contribution is 5.76. The van der Waals surface area contributed by atoms with Crippen molar-refractivity contribution >= 4 is 5.91 Å². The summed E-state index contributed by atoms with van der Waals surface area (Å²) in [6.07, 6.45) is 2.78. The lowest BCUT2D eigenvalue weighted by Gasteiger charge is -2.05. The molecular formula is C8H15NO. The molecule has 0 aliphatic heterocycles. The van der Waals surface area contributed by atoms with Gasteiger partial charge < -0.3 is 5.73 Å². The molecule has 1 atom stereocenters. The van der Waals surface area contributed by atoms with Gasteiger partial charge in [0.1, 0.15) is 0 Å². The maximum absolute atomic E-state index is 10.5. The second kappa shape index (κ2) is 4.09. The number of carbonyl (C=O) groups excluding carboxylic acids is 1. The molecule has 0 aromatic carbocycles. The van der Waals surface area contributed by atoms with Gasteiger partial charge in [0.05, 0.1) is 0 Å². The van der Waals surface area contributed by atoms with E-state index < -0.39 is 0 Å². The molecule has 0 heterocycles. The van der Waals surface area contributed by atoms with E-state index in [2.05, 4.69) is 0 Å². The van der Waals surface area contributed by atoms with E-state index in [0.29, 0.717) is 0 Å². The molecule has 0 saturated heterocycles. The van der Waals surface area contributed by atoms with E-state index in [4.69, 9.17) is 5.73 Å². The summed E-state index contributed by atoms with van der Waals surface area (Å²) >= 11 is 0. The van der Waals surface area contributed by atoms with Crippen LogP contribution in [0.1, 0.15) is 27.2 Å². The van der Waals surface area contributed by atoms with E-state index in [1.807, 2.05) is 26.8 Å². The normalized spacial score (nSPS) is 14.9. The third-order valence-corrected chi connectivity index (χ3v) is 1.61. The minimum absolute atomic E-state index is 0.0313. The molecule has 0 radical (unpaired) electrons. The van der Waals surface area contributed by atoms with Gasteiger partial charge in [0.2, 0.25) is 5.91 Å². The number of rotatable bonds is 3. The van der Waals surface area contributed by atoms with Crippen LogP contribution in [0.2, 0.25) is 0 Å². The standard InChI is InChI=1S/C8H15NO/c1-4-6(2)5-7(3)8(9)10/h4,7H,5H2,1-3H3,(H2,9,10)/b6-4+/t7-/m0/s1. The van der Waals surface area contributed by atoms with Gasteiger partial charge in [0.15, 0.2) is 0 Å². The van der Waals surface area contributed by atoms with Crippen molar-refractivity contribution < 1.29 is 4.79 Å². The van der Waals surface area contributed by atoms with Crippen LogP contribution < -0.4 is 5.73 Å². The largest absolute Gasteiger partial charge is 0.369 e. The topological polar surface area (TPSA) is 43.1 Å². The fraction of sp³-hybridized carbons (Fsp3) is 0.625.